The van der Waals surface area contributed by atoms with Crippen LogP contribution in [0.15, 0.2) is 89.8 Å². The Morgan fingerprint density at radius 3 is 1.77 bits per heavy atom. The summed E-state index contributed by atoms with van der Waals surface area (Å²) in [7, 11) is -3.87. The van der Waals surface area contributed by atoms with Crippen LogP contribution in [-0.2, 0) is 19.6 Å². The molecule has 0 aromatic heterocycles. The number of nitrogens with one attached hydrogen (secondary N) is 2. The van der Waals surface area contributed by atoms with Crippen LogP contribution in [0.25, 0.3) is 11.1 Å². The van der Waals surface area contributed by atoms with Gasteiger partial charge in [0, 0.05) is 34.1 Å². The number of benzene rings is 3. The van der Waals surface area contributed by atoms with Crippen molar-refractivity contribution in [1.82, 2.24) is 0 Å². The number of hydrogen-bond acceptors (Lipinski definition) is 4. The lowest BCUT2D eigenvalue weighted by atomic mass is 10.1. The van der Waals surface area contributed by atoms with Crippen LogP contribution in [0, 0.1) is 0 Å². The number of sulfonamides is 1. The quantitative estimate of drug-likeness (QED) is 0.490. The minimum absolute atomic E-state index is 0.0152. The first kappa shape index (κ1) is 22.2. The van der Waals surface area contributed by atoms with E-state index in [2.05, 4.69) is 10.6 Å². The summed E-state index contributed by atoms with van der Waals surface area (Å²) in [5.74, 6) is -0.962. The van der Waals surface area contributed by atoms with Gasteiger partial charge in [-0.1, -0.05) is 41.9 Å². The first-order valence-corrected chi connectivity index (χ1v) is 10.9. The Bertz CT molecular complexity index is 1240. The molecule has 0 bridgehead atoms. The summed E-state index contributed by atoms with van der Waals surface area (Å²) in [6.45, 7) is 0. The molecular weight excluding hydrogens is 438 g/mol. The smallest absolute Gasteiger partial charge is 0.248 e. The molecule has 0 unspecified atom stereocenters. The summed E-state index contributed by atoms with van der Waals surface area (Å²) in [6, 6.07) is 19.5. The van der Waals surface area contributed by atoms with Gasteiger partial charge in [-0.3, -0.25) is 9.59 Å². The van der Waals surface area contributed by atoms with E-state index < -0.39 is 21.8 Å². The number of hydrogen-bond donors (Lipinski definition) is 3. The third-order valence-corrected chi connectivity index (χ3v) is 5.38. The van der Waals surface area contributed by atoms with Crippen molar-refractivity contribution in [3.8, 4) is 11.1 Å². The molecule has 0 aliphatic rings. The Kier molecular flexibility index (Phi) is 6.86. The number of primary sulfonamides is 1. The van der Waals surface area contributed by atoms with Crippen LogP contribution in [-0.4, -0.2) is 20.2 Å². The molecule has 158 valence electrons. The zero-order chi connectivity index (χ0) is 22.4. The van der Waals surface area contributed by atoms with Crippen molar-refractivity contribution in [2.75, 3.05) is 10.6 Å². The highest BCUT2D eigenvalue weighted by Crippen LogP contribution is 2.27. The zero-order valence-electron chi connectivity index (χ0n) is 16.1. The molecule has 0 saturated heterocycles. The van der Waals surface area contributed by atoms with E-state index in [4.69, 9.17) is 16.7 Å². The highest BCUT2D eigenvalue weighted by molar-refractivity contribution is 7.89. The Morgan fingerprint density at radius 1 is 0.774 bits per heavy atom. The maximum atomic E-state index is 12.1. The van der Waals surface area contributed by atoms with Gasteiger partial charge < -0.3 is 10.6 Å². The molecule has 0 spiro atoms. The van der Waals surface area contributed by atoms with Gasteiger partial charge in [0.1, 0.15) is 0 Å². The topological polar surface area (TPSA) is 118 Å². The third-order valence-electron chi connectivity index (χ3n) is 4.15. The van der Waals surface area contributed by atoms with E-state index in [9.17, 15) is 18.0 Å². The Balaban J connectivity index is 1.63. The maximum absolute atomic E-state index is 12.1. The van der Waals surface area contributed by atoms with Gasteiger partial charge in [0.15, 0.2) is 0 Å². The van der Waals surface area contributed by atoms with Crippen molar-refractivity contribution in [3.63, 3.8) is 0 Å². The molecule has 0 fully saturated rings. The van der Waals surface area contributed by atoms with E-state index in [1.54, 1.807) is 66.7 Å². The van der Waals surface area contributed by atoms with Gasteiger partial charge in [0.25, 0.3) is 0 Å². The van der Waals surface area contributed by atoms with Gasteiger partial charge >= 0.3 is 0 Å². The number of anilines is 2. The van der Waals surface area contributed by atoms with E-state index in [0.29, 0.717) is 27.5 Å². The van der Waals surface area contributed by atoms with Crippen molar-refractivity contribution in [3.05, 3.63) is 90.0 Å². The molecule has 0 aliphatic carbocycles. The summed E-state index contributed by atoms with van der Waals surface area (Å²) < 4.78 is 23.5. The number of rotatable bonds is 6. The van der Waals surface area contributed by atoms with E-state index in [-0.39, 0.29) is 4.90 Å². The van der Waals surface area contributed by atoms with Gasteiger partial charge in [0.05, 0.1) is 4.90 Å². The molecule has 0 radical (unpaired) electrons. The lowest BCUT2D eigenvalue weighted by molar-refractivity contribution is -0.114. The van der Waals surface area contributed by atoms with Crippen molar-refractivity contribution >= 4 is 44.8 Å². The molecule has 7 nitrogen and oxygen atoms in total. The number of halogens is 1. The van der Waals surface area contributed by atoms with Crippen LogP contribution in [0.5, 0.6) is 0 Å². The summed E-state index contributed by atoms with van der Waals surface area (Å²) >= 11 is 5.79. The van der Waals surface area contributed by atoms with Crippen LogP contribution < -0.4 is 15.8 Å². The van der Waals surface area contributed by atoms with E-state index >= 15 is 0 Å². The first-order chi connectivity index (χ1) is 14.7. The molecule has 31 heavy (non-hydrogen) atoms. The van der Waals surface area contributed by atoms with Crippen LogP contribution in [0.1, 0.15) is 0 Å². The zero-order valence-corrected chi connectivity index (χ0v) is 17.7. The predicted octanol–water partition coefficient (Wildman–Crippen LogP) is 3.79. The number of carbonyl (C=O) groups is 2. The molecule has 0 atom stereocenters. The molecule has 9 heteroatoms. The van der Waals surface area contributed by atoms with Crippen molar-refractivity contribution < 1.29 is 18.0 Å². The van der Waals surface area contributed by atoms with Gasteiger partial charge in [-0.15, -0.1) is 0 Å². The van der Waals surface area contributed by atoms with Gasteiger partial charge in [-0.2, -0.15) is 0 Å². The third kappa shape index (κ3) is 6.26. The first-order valence-electron chi connectivity index (χ1n) is 9.00. The Labute approximate surface area is 184 Å². The van der Waals surface area contributed by atoms with Crippen LogP contribution in [0.2, 0.25) is 5.02 Å². The van der Waals surface area contributed by atoms with Crippen LogP contribution in [0.3, 0.4) is 0 Å². The van der Waals surface area contributed by atoms with Crippen LogP contribution >= 0.6 is 11.6 Å². The van der Waals surface area contributed by atoms with Crippen molar-refractivity contribution in [2.24, 2.45) is 5.14 Å². The standard InChI is InChI=1S/C22H18ClN3O4S/c23-16-7-11-18(12-8-16)26-22(28)14-13-21(27)25-17-9-5-15(6-10-17)19-3-1-2-4-20(19)31(24,29)30/h1-14H,(H,25,27)(H,26,28)(H2,24,29,30). The summed E-state index contributed by atoms with van der Waals surface area (Å²) in [6.07, 6.45) is 2.22. The van der Waals surface area contributed by atoms with Crippen molar-refractivity contribution in [1.29, 1.82) is 0 Å². The summed E-state index contributed by atoms with van der Waals surface area (Å²) in [4.78, 5) is 24.0. The molecule has 2 amide bonds. The SMILES string of the molecule is NS(=O)(=O)c1ccccc1-c1ccc(NC(=O)C=CC(=O)Nc2ccc(Cl)cc2)cc1. The van der Waals surface area contributed by atoms with Gasteiger partial charge in [0.2, 0.25) is 21.8 Å². The lowest BCUT2D eigenvalue weighted by Gasteiger charge is -2.09. The van der Waals surface area contributed by atoms with E-state index in [1.165, 1.54) is 6.07 Å². The molecule has 3 aromatic rings. The Morgan fingerprint density at radius 2 is 1.26 bits per heavy atom. The molecule has 0 saturated carbocycles. The molecule has 0 aliphatic heterocycles. The largest absolute Gasteiger partial charge is 0.323 e. The fourth-order valence-corrected chi connectivity index (χ4v) is 3.63. The normalized spacial score (nSPS) is 11.3. The molecule has 0 heterocycles. The maximum Gasteiger partial charge on any atom is 0.248 e. The van der Waals surface area contributed by atoms with Gasteiger partial charge in [-0.05, 0) is 48.0 Å². The average Bonchev–Trinajstić information content (AvgIpc) is 2.74. The highest BCUT2D eigenvalue weighted by atomic mass is 35.5. The second kappa shape index (κ2) is 9.57. The summed E-state index contributed by atoms with van der Waals surface area (Å²) in [5, 5.41) is 11.1. The number of amides is 2. The van der Waals surface area contributed by atoms with E-state index in [0.717, 1.165) is 12.2 Å². The lowest BCUT2D eigenvalue weighted by Crippen LogP contribution is -2.13. The fraction of sp³-hybridized carbons (Fsp3) is 0. The van der Waals surface area contributed by atoms with Crippen molar-refractivity contribution in [2.45, 2.75) is 4.90 Å². The second-order valence-electron chi connectivity index (χ2n) is 6.44. The number of carbonyl (C=O) groups excluding carboxylic acids is 2. The molecule has 4 N–H and O–H groups in total. The Hall–Kier alpha value is -3.46. The second-order valence-corrected chi connectivity index (χ2v) is 8.40. The molecular formula is C22H18ClN3O4S. The monoisotopic (exact) mass is 455 g/mol. The minimum Gasteiger partial charge on any atom is -0.323 e. The van der Waals surface area contributed by atoms with E-state index in [1.807, 2.05) is 0 Å². The molecule has 3 rings (SSSR count). The van der Waals surface area contributed by atoms with Gasteiger partial charge in [-0.25, -0.2) is 13.6 Å². The molecule has 3 aromatic carbocycles. The van der Waals surface area contributed by atoms with Crippen LogP contribution in [0.4, 0.5) is 11.4 Å². The number of nitrogens with two attached hydrogens (primary N) is 1. The minimum atomic E-state index is -3.87. The average molecular weight is 456 g/mol. The fourth-order valence-electron chi connectivity index (χ4n) is 2.74. The highest BCUT2D eigenvalue weighted by Gasteiger charge is 2.14. The predicted molar refractivity (Wildman–Crippen MR) is 121 cm³/mol. The summed E-state index contributed by atoms with van der Waals surface area (Å²) in [5.41, 5.74) is 2.11.